The van der Waals surface area contributed by atoms with Gasteiger partial charge in [0.05, 0.1) is 10.2 Å². The van der Waals surface area contributed by atoms with Gasteiger partial charge in [0.2, 0.25) is 0 Å². The summed E-state index contributed by atoms with van der Waals surface area (Å²) in [4.78, 5) is 7.37. The van der Waals surface area contributed by atoms with E-state index < -0.39 is 0 Å². The molecule has 96 valence electrons. The van der Waals surface area contributed by atoms with Gasteiger partial charge in [-0.2, -0.15) is 0 Å². The third kappa shape index (κ3) is 2.36. The molecule has 0 N–H and O–H groups in total. The maximum atomic E-state index is 4.62. The number of hydrogen-bond acceptors (Lipinski definition) is 3. The molecule has 2 aromatic heterocycles. The Balaban J connectivity index is 1.95. The molecular weight excluding hydrogens is 270 g/mol. The van der Waals surface area contributed by atoms with Crippen LogP contribution in [-0.2, 0) is 0 Å². The first-order valence-electron chi connectivity index (χ1n) is 6.25. The molecule has 0 aliphatic rings. The molecule has 0 radical (unpaired) electrons. The number of para-hydroxylation sites is 1. The van der Waals surface area contributed by atoms with Crippen LogP contribution in [-0.4, -0.2) is 4.98 Å². The Morgan fingerprint density at radius 2 is 1.74 bits per heavy atom. The van der Waals surface area contributed by atoms with Crippen molar-refractivity contribution >= 4 is 45.0 Å². The van der Waals surface area contributed by atoms with Crippen molar-refractivity contribution in [2.45, 2.75) is 20.8 Å². The van der Waals surface area contributed by atoms with Crippen molar-refractivity contribution in [2.24, 2.45) is 0 Å². The number of aryl methyl sites for hydroxylation is 1. The van der Waals surface area contributed by atoms with Gasteiger partial charge in [0.1, 0.15) is 5.01 Å². The lowest BCUT2D eigenvalue weighted by Crippen LogP contribution is -1.75. The monoisotopic (exact) mass is 285 g/mol. The molecule has 0 bridgehead atoms. The fourth-order valence-corrected chi connectivity index (χ4v) is 3.98. The highest BCUT2D eigenvalue weighted by molar-refractivity contribution is 7.19. The van der Waals surface area contributed by atoms with Crippen molar-refractivity contribution in [3.63, 3.8) is 0 Å². The largest absolute Gasteiger partial charge is 0.237 e. The van der Waals surface area contributed by atoms with Crippen LogP contribution in [0.5, 0.6) is 0 Å². The van der Waals surface area contributed by atoms with Crippen LogP contribution in [0.4, 0.5) is 0 Å². The molecule has 3 heteroatoms. The van der Waals surface area contributed by atoms with E-state index in [1.54, 1.807) is 11.3 Å². The second-order valence-electron chi connectivity index (χ2n) is 4.63. The lowest BCUT2D eigenvalue weighted by Gasteiger charge is -1.91. The number of aromatic nitrogens is 1. The summed E-state index contributed by atoms with van der Waals surface area (Å²) < 4.78 is 1.25. The molecule has 3 aromatic rings. The number of thiophene rings is 1. The van der Waals surface area contributed by atoms with Crippen molar-refractivity contribution in [1.82, 2.24) is 4.98 Å². The Labute approximate surface area is 121 Å². The number of benzene rings is 1. The van der Waals surface area contributed by atoms with Crippen molar-refractivity contribution in [3.05, 3.63) is 50.2 Å². The third-order valence-corrected chi connectivity index (χ3v) is 5.69. The van der Waals surface area contributed by atoms with E-state index in [-0.39, 0.29) is 0 Å². The molecule has 19 heavy (non-hydrogen) atoms. The standard InChI is InChI=1S/C16H15NS2/c1-10-11(2)14(18-12(10)3)8-9-16-17-13-6-4-5-7-15(13)19-16/h4-9H,1-3H3. The molecule has 0 spiro atoms. The van der Waals surface area contributed by atoms with Crippen LogP contribution in [0.3, 0.4) is 0 Å². The highest BCUT2D eigenvalue weighted by Gasteiger charge is 2.06. The van der Waals surface area contributed by atoms with Gasteiger partial charge in [-0.05, 0) is 56.2 Å². The molecule has 0 amide bonds. The van der Waals surface area contributed by atoms with Crippen LogP contribution in [0.2, 0.25) is 0 Å². The quantitative estimate of drug-likeness (QED) is 0.610. The van der Waals surface area contributed by atoms with E-state index in [1.807, 2.05) is 17.4 Å². The average molecular weight is 285 g/mol. The SMILES string of the molecule is Cc1sc(C=Cc2nc3ccccc3s2)c(C)c1C. The van der Waals surface area contributed by atoms with Crippen LogP contribution in [0.15, 0.2) is 24.3 Å². The molecule has 0 aliphatic carbocycles. The minimum Gasteiger partial charge on any atom is -0.237 e. The molecule has 3 rings (SSSR count). The highest BCUT2D eigenvalue weighted by atomic mass is 32.1. The summed E-state index contributed by atoms with van der Waals surface area (Å²) in [6, 6.07) is 8.28. The van der Waals surface area contributed by atoms with E-state index in [0.717, 1.165) is 10.5 Å². The minimum absolute atomic E-state index is 1.07. The van der Waals surface area contributed by atoms with Gasteiger partial charge in [-0.1, -0.05) is 12.1 Å². The van der Waals surface area contributed by atoms with E-state index in [2.05, 4.69) is 56.1 Å². The Bertz CT molecular complexity index is 729. The van der Waals surface area contributed by atoms with Gasteiger partial charge in [0, 0.05) is 9.75 Å². The Morgan fingerprint density at radius 3 is 2.42 bits per heavy atom. The van der Waals surface area contributed by atoms with Crippen LogP contribution in [0.25, 0.3) is 22.4 Å². The van der Waals surface area contributed by atoms with Crippen LogP contribution in [0, 0.1) is 20.8 Å². The molecule has 0 saturated carbocycles. The van der Waals surface area contributed by atoms with E-state index in [0.29, 0.717) is 0 Å². The van der Waals surface area contributed by atoms with Crippen LogP contribution < -0.4 is 0 Å². The number of fused-ring (bicyclic) bond motifs is 1. The first-order valence-corrected chi connectivity index (χ1v) is 7.88. The van der Waals surface area contributed by atoms with E-state index in [9.17, 15) is 0 Å². The van der Waals surface area contributed by atoms with Gasteiger partial charge in [-0.3, -0.25) is 0 Å². The summed E-state index contributed by atoms with van der Waals surface area (Å²) in [5.41, 5.74) is 3.89. The molecular formula is C16H15NS2. The van der Waals surface area contributed by atoms with Crippen molar-refractivity contribution in [1.29, 1.82) is 0 Å². The Morgan fingerprint density at radius 1 is 0.947 bits per heavy atom. The predicted octanol–water partition coefficient (Wildman–Crippen LogP) is 5.45. The fourth-order valence-electron chi connectivity index (χ4n) is 2.03. The second-order valence-corrected chi connectivity index (χ2v) is 6.94. The molecule has 0 aliphatic heterocycles. The van der Waals surface area contributed by atoms with Crippen molar-refractivity contribution < 1.29 is 0 Å². The maximum Gasteiger partial charge on any atom is 0.117 e. The zero-order chi connectivity index (χ0) is 13.4. The van der Waals surface area contributed by atoms with Gasteiger partial charge in [0.15, 0.2) is 0 Å². The average Bonchev–Trinajstić information content (AvgIpc) is 2.93. The van der Waals surface area contributed by atoms with E-state index in [4.69, 9.17) is 0 Å². The van der Waals surface area contributed by atoms with E-state index >= 15 is 0 Å². The van der Waals surface area contributed by atoms with Crippen molar-refractivity contribution in [3.8, 4) is 0 Å². The fraction of sp³-hybridized carbons (Fsp3) is 0.188. The molecule has 1 aromatic carbocycles. The second kappa shape index (κ2) is 4.91. The molecule has 0 unspecified atom stereocenters. The summed E-state index contributed by atoms with van der Waals surface area (Å²) in [5.74, 6) is 0. The number of nitrogens with zero attached hydrogens (tertiary/aromatic N) is 1. The smallest absolute Gasteiger partial charge is 0.117 e. The zero-order valence-corrected chi connectivity index (χ0v) is 12.9. The minimum atomic E-state index is 1.07. The molecule has 0 fully saturated rings. The van der Waals surface area contributed by atoms with Gasteiger partial charge < -0.3 is 0 Å². The Hall–Kier alpha value is -1.45. The summed E-state index contributed by atoms with van der Waals surface area (Å²) in [6.45, 7) is 6.56. The first kappa shape index (κ1) is 12.6. The van der Waals surface area contributed by atoms with Gasteiger partial charge >= 0.3 is 0 Å². The maximum absolute atomic E-state index is 4.62. The van der Waals surface area contributed by atoms with Crippen molar-refractivity contribution in [2.75, 3.05) is 0 Å². The first-order chi connectivity index (χ1) is 9.15. The molecule has 0 atom stereocenters. The zero-order valence-electron chi connectivity index (χ0n) is 11.2. The number of thiazole rings is 1. The lowest BCUT2D eigenvalue weighted by atomic mass is 10.1. The summed E-state index contributed by atoms with van der Waals surface area (Å²) in [6.07, 6.45) is 4.32. The van der Waals surface area contributed by atoms with Gasteiger partial charge in [0.25, 0.3) is 0 Å². The van der Waals surface area contributed by atoms with Crippen LogP contribution in [0.1, 0.15) is 25.9 Å². The summed E-state index contributed by atoms with van der Waals surface area (Å²) in [7, 11) is 0. The normalized spacial score (nSPS) is 11.7. The molecule has 1 nitrogen and oxygen atoms in total. The predicted molar refractivity (Wildman–Crippen MR) is 87.1 cm³/mol. The Kier molecular flexibility index (Phi) is 3.25. The number of rotatable bonds is 2. The molecule has 0 saturated heterocycles. The molecule has 2 heterocycles. The van der Waals surface area contributed by atoms with E-state index in [1.165, 1.54) is 25.6 Å². The summed E-state index contributed by atoms with van der Waals surface area (Å²) >= 11 is 3.60. The van der Waals surface area contributed by atoms with Gasteiger partial charge in [-0.15, -0.1) is 22.7 Å². The lowest BCUT2D eigenvalue weighted by molar-refractivity contribution is 1.34. The topological polar surface area (TPSA) is 12.9 Å². The highest BCUT2D eigenvalue weighted by Crippen LogP contribution is 2.29. The third-order valence-electron chi connectivity index (χ3n) is 3.41. The number of hydrogen-bond donors (Lipinski definition) is 0. The van der Waals surface area contributed by atoms with Crippen LogP contribution >= 0.6 is 22.7 Å². The summed E-state index contributed by atoms with van der Waals surface area (Å²) in [5, 5.41) is 1.07. The van der Waals surface area contributed by atoms with Gasteiger partial charge in [-0.25, -0.2) is 4.98 Å².